The van der Waals surface area contributed by atoms with E-state index in [9.17, 15) is 0 Å². The van der Waals surface area contributed by atoms with E-state index in [2.05, 4.69) is 45.2 Å². The van der Waals surface area contributed by atoms with Crippen molar-refractivity contribution in [1.29, 1.82) is 0 Å². The second-order valence-electron chi connectivity index (χ2n) is 5.79. The van der Waals surface area contributed by atoms with Gasteiger partial charge in [-0.25, -0.2) is 0 Å². The molecule has 0 saturated carbocycles. The van der Waals surface area contributed by atoms with Crippen molar-refractivity contribution in [1.82, 2.24) is 5.32 Å². The molecule has 112 valence electrons. The van der Waals surface area contributed by atoms with Gasteiger partial charge in [-0.3, -0.25) is 0 Å². The van der Waals surface area contributed by atoms with Crippen LogP contribution in [0.3, 0.4) is 0 Å². The fourth-order valence-electron chi connectivity index (χ4n) is 1.68. The van der Waals surface area contributed by atoms with E-state index < -0.39 is 0 Å². The molecular weight excluding hydrogens is 250 g/mol. The maximum absolute atomic E-state index is 5.70. The van der Waals surface area contributed by atoms with Gasteiger partial charge < -0.3 is 14.8 Å². The topological polar surface area (TPSA) is 30.5 Å². The van der Waals surface area contributed by atoms with Crippen LogP contribution in [0.5, 0.6) is 11.5 Å². The fourth-order valence-corrected chi connectivity index (χ4v) is 1.68. The van der Waals surface area contributed by atoms with Gasteiger partial charge in [0.05, 0.1) is 13.7 Å². The first-order chi connectivity index (χ1) is 9.46. The predicted octanol–water partition coefficient (Wildman–Crippen LogP) is 3.89. The van der Waals surface area contributed by atoms with Crippen molar-refractivity contribution in [2.45, 2.75) is 39.7 Å². The highest BCUT2D eigenvalue weighted by Gasteiger charge is 2.06. The van der Waals surface area contributed by atoms with Crippen molar-refractivity contribution >= 4 is 6.08 Å². The summed E-state index contributed by atoms with van der Waals surface area (Å²) >= 11 is 0. The van der Waals surface area contributed by atoms with Gasteiger partial charge in [-0.1, -0.05) is 25.1 Å². The lowest BCUT2D eigenvalue weighted by atomic mass is 10.1. The lowest BCUT2D eigenvalue weighted by Crippen LogP contribution is -2.35. The monoisotopic (exact) mass is 277 g/mol. The van der Waals surface area contributed by atoms with Crippen LogP contribution in [0.1, 0.15) is 39.7 Å². The van der Waals surface area contributed by atoms with E-state index >= 15 is 0 Å². The number of nitrogens with one attached hydrogen (secondary N) is 1. The Morgan fingerprint density at radius 1 is 1.20 bits per heavy atom. The number of benzene rings is 1. The van der Waals surface area contributed by atoms with Crippen LogP contribution in [0.25, 0.3) is 6.08 Å². The Hall–Kier alpha value is -1.48. The van der Waals surface area contributed by atoms with Crippen LogP contribution in [0, 0.1) is 0 Å². The smallest absolute Gasteiger partial charge is 0.161 e. The summed E-state index contributed by atoms with van der Waals surface area (Å²) in [5.74, 6) is 1.59. The maximum Gasteiger partial charge on any atom is 0.161 e. The van der Waals surface area contributed by atoms with Gasteiger partial charge in [-0.2, -0.15) is 0 Å². The zero-order valence-electron chi connectivity index (χ0n) is 13.3. The van der Waals surface area contributed by atoms with Gasteiger partial charge in [0.15, 0.2) is 11.5 Å². The van der Waals surface area contributed by atoms with Gasteiger partial charge in [0.25, 0.3) is 0 Å². The van der Waals surface area contributed by atoms with E-state index in [4.69, 9.17) is 9.47 Å². The van der Waals surface area contributed by atoms with Gasteiger partial charge in [0.1, 0.15) is 0 Å². The number of methoxy groups -OCH3 is 1. The summed E-state index contributed by atoms with van der Waals surface area (Å²) in [6.07, 6.45) is 5.20. The van der Waals surface area contributed by atoms with E-state index in [0.717, 1.165) is 30.0 Å². The molecule has 0 heterocycles. The molecule has 3 heteroatoms. The molecule has 0 aliphatic heterocycles. The molecule has 20 heavy (non-hydrogen) atoms. The van der Waals surface area contributed by atoms with E-state index in [-0.39, 0.29) is 5.54 Å². The third kappa shape index (κ3) is 6.11. The van der Waals surface area contributed by atoms with Crippen LogP contribution < -0.4 is 14.8 Å². The summed E-state index contributed by atoms with van der Waals surface area (Å²) in [7, 11) is 1.66. The zero-order valence-corrected chi connectivity index (χ0v) is 13.3. The minimum atomic E-state index is 0.139. The van der Waals surface area contributed by atoms with Crippen LogP contribution in [-0.4, -0.2) is 25.8 Å². The van der Waals surface area contributed by atoms with Crippen molar-refractivity contribution in [2.24, 2.45) is 0 Å². The summed E-state index contributed by atoms with van der Waals surface area (Å²) < 4.78 is 11.0. The Morgan fingerprint density at radius 3 is 2.55 bits per heavy atom. The SMILES string of the molecule is CCCOc1cc(C=CCNC(C)(C)C)ccc1OC. The predicted molar refractivity (Wildman–Crippen MR) is 85.6 cm³/mol. The molecule has 1 rings (SSSR count). The molecule has 1 aromatic rings. The minimum absolute atomic E-state index is 0.139. The molecule has 0 amide bonds. The summed E-state index contributed by atoms with van der Waals surface area (Å²) in [5, 5.41) is 3.42. The van der Waals surface area contributed by atoms with E-state index in [1.54, 1.807) is 7.11 Å². The van der Waals surface area contributed by atoms with Gasteiger partial charge >= 0.3 is 0 Å². The first kappa shape index (κ1) is 16.6. The van der Waals surface area contributed by atoms with Gasteiger partial charge in [-0.05, 0) is 44.9 Å². The van der Waals surface area contributed by atoms with Gasteiger partial charge in [0, 0.05) is 12.1 Å². The number of ether oxygens (including phenoxy) is 2. The molecule has 0 radical (unpaired) electrons. The molecule has 0 spiro atoms. The Morgan fingerprint density at radius 2 is 1.95 bits per heavy atom. The molecule has 0 unspecified atom stereocenters. The normalized spacial score (nSPS) is 11.8. The molecule has 1 aromatic carbocycles. The van der Waals surface area contributed by atoms with Crippen molar-refractivity contribution in [2.75, 3.05) is 20.3 Å². The van der Waals surface area contributed by atoms with E-state index in [1.807, 2.05) is 18.2 Å². The Labute approximate surface area is 123 Å². The quantitative estimate of drug-likeness (QED) is 0.820. The fraction of sp³-hybridized carbons (Fsp3) is 0.529. The Balaban J connectivity index is 2.68. The lowest BCUT2D eigenvalue weighted by molar-refractivity contribution is 0.294. The highest BCUT2D eigenvalue weighted by Crippen LogP contribution is 2.28. The second kappa shape index (κ2) is 7.95. The Kier molecular flexibility index (Phi) is 6.59. The molecule has 0 aliphatic rings. The van der Waals surface area contributed by atoms with Gasteiger partial charge in [-0.15, -0.1) is 0 Å². The minimum Gasteiger partial charge on any atom is -0.493 e. The number of rotatable bonds is 7. The van der Waals surface area contributed by atoms with Gasteiger partial charge in [0.2, 0.25) is 0 Å². The molecule has 0 fully saturated rings. The number of hydrogen-bond acceptors (Lipinski definition) is 3. The third-order valence-corrected chi connectivity index (χ3v) is 2.71. The van der Waals surface area contributed by atoms with Crippen LogP contribution in [0.4, 0.5) is 0 Å². The summed E-state index contributed by atoms with van der Waals surface area (Å²) in [4.78, 5) is 0. The summed E-state index contributed by atoms with van der Waals surface area (Å²) in [5.41, 5.74) is 1.26. The molecular formula is C17H27NO2. The standard InChI is InChI=1S/C17H27NO2/c1-6-12-20-16-13-14(9-10-15(16)19-5)8-7-11-18-17(2,3)4/h7-10,13,18H,6,11-12H2,1-5H3. The highest BCUT2D eigenvalue weighted by atomic mass is 16.5. The van der Waals surface area contributed by atoms with Crippen molar-refractivity contribution in [3.63, 3.8) is 0 Å². The molecule has 1 N–H and O–H groups in total. The average Bonchev–Trinajstić information content (AvgIpc) is 2.40. The summed E-state index contributed by atoms with van der Waals surface area (Å²) in [6.45, 7) is 10.1. The van der Waals surface area contributed by atoms with Crippen LogP contribution >= 0.6 is 0 Å². The van der Waals surface area contributed by atoms with Crippen molar-refractivity contribution in [3.8, 4) is 11.5 Å². The highest BCUT2D eigenvalue weighted by molar-refractivity contribution is 5.56. The van der Waals surface area contributed by atoms with E-state index in [0.29, 0.717) is 6.61 Å². The molecule has 0 bridgehead atoms. The summed E-state index contributed by atoms with van der Waals surface area (Å²) in [6, 6.07) is 6.00. The molecule has 3 nitrogen and oxygen atoms in total. The molecule has 0 aromatic heterocycles. The molecule has 0 aliphatic carbocycles. The van der Waals surface area contributed by atoms with Crippen molar-refractivity contribution < 1.29 is 9.47 Å². The second-order valence-corrected chi connectivity index (χ2v) is 5.79. The molecule has 0 saturated heterocycles. The average molecular weight is 277 g/mol. The van der Waals surface area contributed by atoms with Crippen LogP contribution in [-0.2, 0) is 0 Å². The zero-order chi connectivity index (χ0) is 15.0. The number of hydrogen-bond donors (Lipinski definition) is 1. The largest absolute Gasteiger partial charge is 0.493 e. The maximum atomic E-state index is 5.70. The lowest BCUT2D eigenvalue weighted by Gasteiger charge is -2.18. The first-order valence-electron chi connectivity index (χ1n) is 7.18. The van der Waals surface area contributed by atoms with Crippen LogP contribution in [0.2, 0.25) is 0 Å². The van der Waals surface area contributed by atoms with Crippen LogP contribution in [0.15, 0.2) is 24.3 Å². The van der Waals surface area contributed by atoms with Crippen molar-refractivity contribution in [3.05, 3.63) is 29.8 Å². The third-order valence-electron chi connectivity index (χ3n) is 2.71. The first-order valence-corrected chi connectivity index (χ1v) is 7.18. The van der Waals surface area contributed by atoms with E-state index in [1.165, 1.54) is 0 Å². The Bertz CT molecular complexity index is 433. The molecule has 0 atom stereocenters.